The lowest BCUT2D eigenvalue weighted by molar-refractivity contribution is 0.0598. The molecule has 0 N–H and O–H groups in total. The Morgan fingerprint density at radius 3 is 1.66 bits per heavy atom. The van der Waals surface area contributed by atoms with Crippen LogP contribution < -0.4 is 0 Å². The molecule has 2 saturated heterocycles. The fourth-order valence-electron chi connectivity index (χ4n) is 6.40. The molecule has 2 amide bonds. The second-order valence-electron chi connectivity index (χ2n) is 12.6. The summed E-state index contributed by atoms with van der Waals surface area (Å²) in [4.78, 5) is 35.6. The number of amides is 2. The van der Waals surface area contributed by atoms with Crippen molar-refractivity contribution in [3.05, 3.63) is 108 Å². The van der Waals surface area contributed by atoms with Crippen LogP contribution in [-0.4, -0.2) is 81.4 Å². The molecule has 2 atom stereocenters. The summed E-state index contributed by atoms with van der Waals surface area (Å²) in [6, 6.07) is 23.0. The molecule has 0 spiro atoms. The SMILES string of the molecule is CSc1ccc(C(=O)N2CCCCC2c2nnn(-c3cccc(Br)c3)n2)s1.Cc1ccc(C(=O)N2CCCCC2c2nnn(-c3cccc(Br)c3)n2)s1. The zero-order valence-corrected chi connectivity index (χ0v) is 34.6. The third-order valence-corrected chi connectivity index (χ3v) is 13.1. The standard InChI is InChI=1S/C18H18BrN5OS2.C18H18BrN5OS/c1-26-16-9-8-15(27-16)18(25)23-10-3-2-7-14(23)17-20-22-24(21-17)13-6-4-5-12(19)11-13;1-12-8-9-16(26-12)18(25)23-10-3-2-7-15(23)17-20-22-24(21-17)14-6-4-5-13(19)11-14/h4-6,8-9,11,14H,2-3,7,10H2,1H3;4-6,8-9,11,15H,2-3,7,10H2,1H3. The maximum atomic E-state index is 13.1. The van der Waals surface area contributed by atoms with Gasteiger partial charge in [-0.25, -0.2) is 0 Å². The van der Waals surface area contributed by atoms with E-state index >= 15 is 0 Å². The highest BCUT2D eigenvalue weighted by molar-refractivity contribution is 9.10. The van der Waals surface area contributed by atoms with Crippen molar-refractivity contribution < 1.29 is 9.59 Å². The average molecular weight is 897 g/mol. The minimum absolute atomic E-state index is 0.0591. The number of carbonyl (C=O) groups excluding carboxylic acids is 2. The number of aryl methyl sites for hydroxylation is 1. The molecule has 2 unspecified atom stereocenters. The number of rotatable bonds is 7. The number of thioether (sulfide) groups is 1. The molecular formula is C36H36Br2N10O2S3. The van der Waals surface area contributed by atoms with Gasteiger partial charge in [0.15, 0.2) is 11.6 Å². The fraction of sp³-hybridized carbons (Fsp3) is 0.333. The highest BCUT2D eigenvalue weighted by Crippen LogP contribution is 2.34. The number of carbonyl (C=O) groups is 2. The smallest absolute Gasteiger partial charge is 0.264 e. The van der Waals surface area contributed by atoms with E-state index in [1.165, 1.54) is 20.9 Å². The van der Waals surface area contributed by atoms with Gasteiger partial charge >= 0.3 is 0 Å². The Morgan fingerprint density at radius 2 is 1.21 bits per heavy atom. The van der Waals surface area contributed by atoms with Crippen LogP contribution in [0.25, 0.3) is 11.4 Å². The van der Waals surface area contributed by atoms with Crippen LogP contribution in [0.3, 0.4) is 0 Å². The zero-order chi connectivity index (χ0) is 36.9. The van der Waals surface area contributed by atoms with Gasteiger partial charge in [-0.1, -0.05) is 44.0 Å². The first-order valence-electron chi connectivity index (χ1n) is 17.2. The lowest BCUT2D eigenvalue weighted by Crippen LogP contribution is -2.38. The maximum absolute atomic E-state index is 13.1. The van der Waals surface area contributed by atoms with Crippen molar-refractivity contribution in [1.29, 1.82) is 0 Å². The van der Waals surface area contributed by atoms with E-state index in [0.717, 1.165) is 90.8 Å². The first-order valence-corrected chi connectivity index (χ1v) is 21.7. The minimum atomic E-state index is -0.132. The molecule has 274 valence electrons. The quantitative estimate of drug-likeness (QED) is 0.145. The van der Waals surface area contributed by atoms with Gasteiger partial charge in [0.05, 0.1) is 37.4 Å². The van der Waals surface area contributed by atoms with E-state index in [1.54, 1.807) is 23.1 Å². The minimum Gasteiger partial charge on any atom is -0.328 e. The van der Waals surface area contributed by atoms with Gasteiger partial charge < -0.3 is 9.80 Å². The number of tetrazole rings is 2. The van der Waals surface area contributed by atoms with Gasteiger partial charge in [-0.2, -0.15) is 0 Å². The molecule has 6 heterocycles. The van der Waals surface area contributed by atoms with Crippen molar-refractivity contribution in [3.63, 3.8) is 0 Å². The van der Waals surface area contributed by atoms with Crippen molar-refractivity contribution >= 4 is 78.1 Å². The van der Waals surface area contributed by atoms with E-state index < -0.39 is 0 Å². The van der Waals surface area contributed by atoms with Crippen molar-refractivity contribution in [3.8, 4) is 11.4 Å². The van der Waals surface area contributed by atoms with Gasteiger partial charge in [0.1, 0.15) is 0 Å². The van der Waals surface area contributed by atoms with Crippen LogP contribution in [0.4, 0.5) is 0 Å². The topological polar surface area (TPSA) is 128 Å². The van der Waals surface area contributed by atoms with E-state index in [9.17, 15) is 9.59 Å². The number of thiophene rings is 2. The van der Waals surface area contributed by atoms with Crippen LogP contribution in [-0.2, 0) is 0 Å². The Bertz CT molecular complexity index is 2200. The summed E-state index contributed by atoms with van der Waals surface area (Å²) in [6.45, 7) is 3.47. The Morgan fingerprint density at radius 1 is 0.698 bits per heavy atom. The van der Waals surface area contributed by atoms with Crippen LogP contribution in [0.1, 0.15) is 86.5 Å². The molecule has 8 rings (SSSR count). The number of aromatic nitrogens is 8. The first kappa shape index (κ1) is 37.5. The Kier molecular flexibility index (Phi) is 12.1. The van der Waals surface area contributed by atoms with E-state index in [0.29, 0.717) is 11.6 Å². The largest absolute Gasteiger partial charge is 0.328 e. The van der Waals surface area contributed by atoms with Crippen molar-refractivity contribution in [1.82, 2.24) is 50.2 Å². The highest BCUT2D eigenvalue weighted by Gasteiger charge is 2.34. The molecule has 2 aromatic carbocycles. The predicted molar refractivity (Wildman–Crippen MR) is 214 cm³/mol. The van der Waals surface area contributed by atoms with E-state index in [2.05, 4.69) is 62.7 Å². The summed E-state index contributed by atoms with van der Waals surface area (Å²) in [6.07, 6.45) is 7.86. The summed E-state index contributed by atoms with van der Waals surface area (Å²) < 4.78 is 3.05. The van der Waals surface area contributed by atoms with Gasteiger partial charge in [-0.3, -0.25) is 9.59 Å². The van der Waals surface area contributed by atoms with Gasteiger partial charge in [0.2, 0.25) is 0 Å². The van der Waals surface area contributed by atoms with Crippen LogP contribution in [0, 0.1) is 6.92 Å². The van der Waals surface area contributed by atoms with Gasteiger partial charge in [-0.05, 0) is 123 Å². The molecule has 17 heteroatoms. The van der Waals surface area contributed by atoms with Gasteiger partial charge in [0, 0.05) is 26.9 Å². The number of benzene rings is 2. The number of halogens is 2. The van der Waals surface area contributed by atoms with E-state index in [-0.39, 0.29) is 23.9 Å². The Balaban J connectivity index is 0.000000164. The highest BCUT2D eigenvalue weighted by atomic mass is 79.9. The molecule has 0 saturated carbocycles. The Hall–Kier alpha value is -3.77. The van der Waals surface area contributed by atoms with Crippen molar-refractivity contribution in [2.24, 2.45) is 0 Å². The van der Waals surface area contributed by atoms with Crippen LogP contribution in [0.2, 0.25) is 0 Å². The van der Waals surface area contributed by atoms with Crippen LogP contribution in [0.15, 0.2) is 86.0 Å². The lowest BCUT2D eigenvalue weighted by Gasteiger charge is -2.33. The van der Waals surface area contributed by atoms with Gasteiger partial charge in [0.25, 0.3) is 11.8 Å². The number of hydrogen-bond donors (Lipinski definition) is 0. The average Bonchev–Trinajstić information content (AvgIpc) is 4.02. The Labute approximate surface area is 336 Å². The van der Waals surface area contributed by atoms with E-state index in [1.807, 2.05) is 95.8 Å². The molecule has 4 aromatic heterocycles. The van der Waals surface area contributed by atoms with Crippen LogP contribution >= 0.6 is 66.3 Å². The maximum Gasteiger partial charge on any atom is 0.264 e. The summed E-state index contributed by atoms with van der Waals surface area (Å²) in [5.41, 5.74) is 1.67. The number of piperidine rings is 2. The normalized spacial score (nSPS) is 17.4. The zero-order valence-electron chi connectivity index (χ0n) is 29.0. The molecule has 2 aliphatic rings. The molecule has 0 aliphatic carbocycles. The fourth-order valence-corrected chi connectivity index (χ4v) is 9.50. The number of hydrogen-bond acceptors (Lipinski definition) is 11. The second kappa shape index (κ2) is 17.1. The molecule has 6 aromatic rings. The lowest BCUT2D eigenvalue weighted by atomic mass is 10.0. The summed E-state index contributed by atoms with van der Waals surface area (Å²) in [5.74, 6) is 1.33. The van der Waals surface area contributed by atoms with Crippen molar-refractivity contribution in [2.45, 2.75) is 61.7 Å². The monoisotopic (exact) mass is 894 g/mol. The summed E-state index contributed by atoms with van der Waals surface area (Å²) in [5, 5.41) is 26.0. The van der Waals surface area contributed by atoms with Crippen molar-refractivity contribution in [2.75, 3.05) is 19.3 Å². The van der Waals surface area contributed by atoms with Gasteiger partial charge in [-0.15, -0.1) is 64.4 Å². The number of nitrogens with zero attached hydrogens (tertiary/aromatic N) is 10. The molecule has 0 bridgehead atoms. The molecule has 12 nitrogen and oxygen atoms in total. The summed E-state index contributed by atoms with van der Waals surface area (Å²) >= 11 is 11.7. The van der Waals surface area contributed by atoms with E-state index in [4.69, 9.17) is 0 Å². The number of likely N-dealkylation sites (tertiary alicyclic amines) is 2. The molecule has 53 heavy (non-hydrogen) atoms. The molecular weight excluding hydrogens is 860 g/mol. The molecule has 2 aliphatic heterocycles. The third-order valence-electron chi connectivity index (χ3n) is 9.00. The predicted octanol–water partition coefficient (Wildman–Crippen LogP) is 8.74. The molecule has 2 fully saturated rings. The first-order chi connectivity index (χ1) is 25.8. The summed E-state index contributed by atoms with van der Waals surface area (Å²) in [7, 11) is 0. The molecule has 0 radical (unpaired) electrons. The van der Waals surface area contributed by atoms with Crippen LogP contribution in [0.5, 0.6) is 0 Å². The third kappa shape index (κ3) is 8.80. The second-order valence-corrected chi connectivity index (χ2v) is 17.9.